The molecule has 14 nitrogen and oxygen atoms in total. The normalized spacial score (nSPS) is 25.8. The van der Waals surface area contributed by atoms with E-state index in [2.05, 4.69) is 10.6 Å². The maximum atomic E-state index is 13.6. The van der Waals surface area contributed by atoms with Crippen molar-refractivity contribution >= 4 is 35.8 Å². The van der Waals surface area contributed by atoms with Crippen LogP contribution in [0.2, 0.25) is 0 Å². The lowest BCUT2D eigenvalue weighted by Crippen LogP contribution is -2.49. The number of nitrogens with zero attached hydrogens (tertiary/aromatic N) is 4. The lowest BCUT2D eigenvalue weighted by molar-refractivity contribution is -0.128. The molecule has 2 aromatic heterocycles. The van der Waals surface area contributed by atoms with Crippen molar-refractivity contribution in [3.63, 3.8) is 0 Å². The highest BCUT2D eigenvalue weighted by atomic mass is 16.3. The van der Waals surface area contributed by atoms with Gasteiger partial charge in [0.1, 0.15) is 0 Å². The summed E-state index contributed by atoms with van der Waals surface area (Å²) in [5, 5.41) is 26.8. The average molecular weight is 895 g/mol. The van der Waals surface area contributed by atoms with Crippen LogP contribution in [0.4, 0.5) is 0 Å². The molecule has 6 aliphatic rings. The highest BCUT2D eigenvalue weighted by molar-refractivity contribution is 5.97. The Kier molecular flexibility index (Phi) is 12.8. The summed E-state index contributed by atoms with van der Waals surface area (Å²) in [6, 6.07) is 23.1. The van der Waals surface area contributed by atoms with Crippen molar-refractivity contribution < 1.29 is 29.4 Å². The highest BCUT2D eigenvalue weighted by Crippen LogP contribution is 2.50. The summed E-state index contributed by atoms with van der Waals surface area (Å²) in [6.45, 7) is 5.00. The SMILES string of the molecule is C/C=C/c1ccc2n(c1=O)C[C@@H]1[C@@H](CO)[C@H](C(=O)NCC3CC3)[C@H]2N1C(=O)c1ccccc1.C/C=C\c1ccc2n(c1=O)C[C@@H]1[C@@H](CO)[C@H](C(=O)NCC3CC3)[C@H]2N1C(=O)c1ccccc1. The molecule has 66 heavy (non-hydrogen) atoms. The number of rotatable bonds is 12. The van der Waals surface area contributed by atoms with E-state index < -0.39 is 47.8 Å². The van der Waals surface area contributed by atoms with E-state index in [1.54, 1.807) is 67.5 Å². The third-order valence-corrected chi connectivity index (χ3v) is 14.5. The number of aliphatic hydroxyl groups excluding tert-OH is 2. The van der Waals surface area contributed by atoms with Crippen molar-refractivity contribution in [1.82, 2.24) is 29.6 Å². The largest absolute Gasteiger partial charge is 0.396 e. The molecule has 4 aliphatic heterocycles. The van der Waals surface area contributed by atoms with Crippen LogP contribution < -0.4 is 21.8 Å². The summed E-state index contributed by atoms with van der Waals surface area (Å²) in [7, 11) is 0. The van der Waals surface area contributed by atoms with E-state index in [9.17, 15) is 39.0 Å². The van der Waals surface area contributed by atoms with Gasteiger partial charge in [0.25, 0.3) is 22.9 Å². The van der Waals surface area contributed by atoms with Gasteiger partial charge in [-0.3, -0.25) is 28.8 Å². The Bertz CT molecular complexity index is 2490. The quantitative estimate of drug-likeness (QED) is 0.161. The predicted octanol–water partition coefficient (Wildman–Crippen LogP) is 4.42. The molecule has 0 spiro atoms. The van der Waals surface area contributed by atoms with E-state index in [1.165, 1.54) is 0 Å². The van der Waals surface area contributed by atoms with Crippen LogP contribution in [-0.2, 0) is 22.7 Å². The Labute approximate surface area is 383 Å². The first-order valence-corrected chi connectivity index (χ1v) is 23.3. The second-order valence-electron chi connectivity index (χ2n) is 18.6. The maximum Gasteiger partial charge on any atom is 0.258 e. The van der Waals surface area contributed by atoms with Gasteiger partial charge in [-0.1, -0.05) is 60.7 Å². The van der Waals surface area contributed by atoms with E-state index in [1.807, 2.05) is 74.5 Å². The van der Waals surface area contributed by atoms with Crippen molar-refractivity contribution in [1.29, 1.82) is 0 Å². The lowest BCUT2D eigenvalue weighted by Gasteiger charge is -2.38. The first kappa shape index (κ1) is 44.8. The fraction of sp³-hybridized carbons (Fsp3) is 0.423. The minimum absolute atomic E-state index is 0.136. The molecule has 344 valence electrons. The number of pyridine rings is 2. The number of carbonyl (C=O) groups is 4. The van der Waals surface area contributed by atoms with Crippen LogP contribution in [0.15, 0.2) is 107 Å². The number of benzene rings is 2. The Morgan fingerprint density at radius 1 is 0.576 bits per heavy atom. The molecule has 4 fully saturated rings. The number of hydrogen-bond donors (Lipinski definition) is 4. The number of aliphatic hydroxyl groups is 2. The van der Waals surface area contributed by atoms with Crippen molar-refractivity contribution in [3.8, 4) is 0 Å². The van der Waals surface area contributed by atoms with Crippen LogP contribution in [0.3, 0.4) is 0 Å². The topological polar surface area (TPSA) is 183 Å². The zero-order valence-corrected chi connectivity index (χ0v) is 37.4. The van der Waals surface area contributed by atoms with E-state index in [4.69, 9.17) is 0 Å². The van der Waals surface area contributed by atoms with Crippen LogP contribution in [0.25, 0.3) is 12.2 Å². The molecule has 2 saturated carbocycles. The first-order chi connectivity index (χ1) is 32.1. The Balaban J connectivity index is 0.000000166. The number of nitrogens with one attached hydrogen (secondary N) is 2. The highest BCUT2D eigenvalue weighted by Gasteiger charge is 2.59. The summed E-state index contributed by atoms with van der Waals surface area (Å²) < 4.78 is 3.38. The van der Waals surface area contributed by atoms with Gasteiger partial charge in [0.15, 0.2) is 0 Å². The zero-order chi connectivity index (χ0) is 46.2. The molecule has 2 aliphatic carbocycles. The Morgan fingerprint density at radius 3 is 1.29 bits per heavy atom. The van der Waals surface area contributed by atoms with Gasteiger partial charge >= 0.3 is 0 Å². The van der Waals surface area contributed by atoms with Crippen molar-refractivity contribution in [2.45, 2.75) is 76.8 Å². The summed E-state index contributed by atoms with van der Waals surface area (Å²) in [5.41, 5.74) is 3.23. The first-order valence-electron chi connectivity index (χ1n) is 23.3. The third-order valence-electron chi connectivity index (χ3n) is 14.5. The predicted molar refractivity (Wildman–Crippen MR) is 249 cm³/mol. The van der Waals surface area contributed by atoms with E-state index >= 15 is 0 Å². The molecule has 6 heterocycles. The molecular formula is C52H58N6O8. The fourth-order valence-electron chi connectivity index (χ4n) is 10.8. The van der Waals surface area contributed by atoms with E-state index in [-0.39, 0.29) is 61.1 Å². The average Bonchev–Trinajstić information content (AvgIpc) is 4.29. The minimum atomic E-state index is -0.618. The number of aromatic nitrogens is 2. The van der Waals surface area contributed by atoms with Crippen molar-refractivity contribution in [3.05, 3.63) is 151 Å². The smallest absolute Gasteiger partial charge is 0.258 e. The van der Waals surface area contributed by atoms with Crippen LogP contribution in [0.1, 0.15) is 94.8 Å². The molecule has 0 radical (unpaired) electrons. The number of carbonyl (C=O) groups excluding carboxylic acids is 4. The standard InChI is InChI=1S/2C26H29N3O4/c2*1-2-6-17-11-12-20-23-22(24(31)27-13-16-9-10-16)19(15-30)21(14-28(20)25(17)32)29(23)26(33)18-7-4-3-5-8-18/h2*2-8,11-12,16,19,21-23,30H,9-10,13-15H2,1H3,(H,27,31)/b6-2+;6-2-/t2*19-,21-,22+,23+/m11/s1. The maximum absolute atomic E-state index is 13.6. The summed E-state index contributed by atoms with van der Waals surface area (Å²) in [4.78, 5) is 84.0. The number of hydrogen-bond acceptors (Lipinski definition) is 8. The molecule has 4 N–H and O–H groups in total. The van der Waals surface area contributed by atoms with Gasteiger partial charge < -0.3 is 39.8 Å². The van der Waals surface area contributed by atoms with Gasteiger partial charge in [-0.2, -0.15) is 0 Å². The monoisotopic (exact) mass is 894 g/mol. The molecule has 8 atom stereocenters. The molecular weight excluding hydrogens is 837 g/mol. The summed E-state index contributed by atoms with van der Waals surface area (Å²) >= 11 is 0. The van der Waals surface area contributed by atoms with E-state index in [0.29, 0.717) is 58.6 Å². The van der Waals surface area contributed by atoms with Gasteiger partial charge in [-0.25, -0.2) is 0 Å². The van der Waals surface area contributed by atoms with Gasteiger partial charge in [-0.15, -0.1) is 0 Å². The molecule has 2 aromatic carbocycles. The summed E-state index contributed by atoms with van der Waals surface area (Å²) in [5.74, 6) is -1.78. The number of allylic oxidation sites excluding steroid dienone is 2. The molecule has 4 bridgehead atoms. The van der Waals surface area contributed by atoms with Crippen LogP contribution >= 0.6 is 0 Å². The minimum Gasteiger partial charge on any atom is -0.396 e. The second kappa shape index (κ2) is 18.8. The van der Waals surface area contributed by atoms with Gasteiger partial charge in [0, 0.05) is 84.9 Å². The van der Waals surface area contributed by atoms with E-state index in [0.717, 1.165) is 25.7 Å². The fourth-order valence-corrected chi connectivity index (χ4v) is 10.8. The lowest BCUT2D eigenvalue weighted by atomic mass is 9.86. The molecule has 2 saturated heterocycles. The van der Waals surface area contributed by atoms with Crippen LogP contribution in [0.5, 0.6) is 0 Å². The summed E-state index contributed by atoms with van der Waals surface area (Å²) in [6.07, 6.45) is 11.6. The Morgan fingerprint density at radius 2 is 0.955 bits per heavy atom. The molecule has 4 amide bonds. The van der Waals surface area contributed by atoms with Gasteiger partial charge in [0.2, 0.25) is 11.8 Å². The Hall–Kier alpha value is -6.38. The van der Waals surface area contributed by atoms with Gasteiger partial charge in [0.05, 0.1) is 36.0 Å². The number of fused-ring (bicyclic) bond motifs is 8. The van der Waals surface area contributed by atoms with Crippen molar-refractivity contribution in [2.75, 3.05) is 26.3 Å². The van der Waals surface area contributed by atoms with Gasteiger partial charge in [-0.05, 0) is 99.9 Å². The van der Waals surface area contributed by atoms with Crippen LogP contribution in [-0.4, -0.2) is 91.2 Å². The third kappa shape index (κ3) is 8.25. The molecule has 4 aromatic rings. The molecule has 0 unspecified atom stereocenters. The molecule has 14 heteroatoms. The zero-order valence-electron chi connectivity index (χ0n) is 37.4. The number of amides is 4. The van der Waals surface area contributed by atoms with Crippen molar-refractivity contribution in [2.24, 2.45) is 35.5 Å². The van der Waals surface area contributed by atoms with Crippen LogP contribution in [0, 0.1) is 35.5 Å². The molecule has 10 rings (SSSR count). The second-order valence-corrected chi connectivity index (χ2v) is 18.6.